The quantitative estimate of drug-likeness (QED) is 0.686. The number of nitrogens with one attached hydrogen (secondary N) is 1. The van der Waals surface area contributed by atoms with Crippen molar-refractivity contribution in [1.82, 2.24) is 15.2 Å². The maximum atomic E-state index is 12.4. The highest BCUT2D eigenvalue weighted by atomic mass is 35.5. The Labute approximate surface area is 183 Å². The lowest BCUT2D eigenvalue weighted by molar-refractivity contribution is 0.0946. The Morgan fingerprint density at radius 3 is 2.83 bits per heavy atom. The molecule has 3 rings (SSSR count). The number of hydrogen-bond donors (Lipinski definition) is 1. The van der Waals surface area contributed by atoms with Crippen LogP contribution in [0.25, 0.3) is 0 Å². The van der Waals surface area contributed by atoms with Crippen LogP contribution in [0.4, 0.5) is 4.79 Å². The van der Waals surface area contributed by atoms with Crippen LogP contribution in [0.15, 0.2) is 23.6 Å². The highest BCUT2D eigenvalue weighted by molar-refractivity contribution is 7.09. The van der Waals surface area contributed by atoms with E-state index in [4.69, 9.17) is 34.4 Å². The van der Waals surface area contributed by atoms with Gasteiger partial charge in [-0.1, -0.05) is 41.3 Å². The third-order valence-electron chi connectivity index (χ3n) is 4.61. The van der Waals surface area contributed by atoms with Crippen molar-refractivity contribution in [2.75, 3.05) is 19.7 Å². The van der Waals surface area contributed by atoms with Gasteiger partial charge in [-0.2, -0.15) is 0 Å². The minimum absolute atomic E-state index is 0.0237. The van der Waals surface area contributed by atoms with E-state index in [9.17, 15) is 9.59 Å². The number of terminal acetylenes is 1. The number of benzene rings is 1. The molecule has 0 spiro atoms. The fraction of sp³-hybridized carbons (Fsp3) is 0.350. The van der Waals surface area contributed by atoms with Crippen LogP contribution in [-0.4, -0.2) is 41.6 Å². The smallest absolute Gasteiger partial charge is 0.410 e. The molecule has 1 aliphatic heterocycles. The van der Waals surface area contributed by atoms with Gasteiger partial charge in [0.25, 0.3) is 5.91 Å². The third-order valence-corrected chi connectivity index (χ3v) is 6.47. The van der Waals surface area contributed by atoms with E-state index in [0.717, 1.165) is 23.4 Å². The number of ether oxygens (including phenoxy) is 1. The van der Waals surface area contributed by atoms with Crippen LogP contribution < -0.4 is 5.32 Å². The number of carbonyl (C=O) groups excluding carboxylic acids is 2. The number of amides is 2. The van der Waals surface area contributed by atoms with Gasteiger partial charge in [-0.3, -0.25) is 4.79 Å². The summed E-state index contributed by atoms with van der Waals surface area (Å²) in [7, 11) is 0. The average Bonchev–Trinajstić information content (AvgIpc) is 3.23. The number of nitrogens with zero attached hydrogens (tertiary/aromatic N) is 2. The van der Waals surface area contributed by atoms with Gasteiger partial charge < -0.3 is 15.0 Å². The number of hydrogen-bond acceptors (Lipinski definition) is 5. The Morgan fingerprint density at radius 1 is 1.34 bits per heavy atom. The van der Waals surface area contributed by atoms with Gasteiger partial charge in [-0.15, -0.1) is 17.8 Å². The molecule has 1 aromatic heterocycles. The Balaban J connectivity index is 1.53. The third kappa shape index (κ3) is 5.41. The summed E-state index contributed by atoms with van der Waals surface area (Å²) in [5, 5.41) is 6.34. The number of carbonyl (C=O) groups is 2. The minimum atomic E-state index is -0.389. The normalized spacial score (nSPS) is 14.3. The number of likely N-dealkylation sites (tertiary alicyclic amines) is 1. The zero-order chi connectivity index (χ0) is 20.8. The van der Waals surface area contributed by atoms with E-state index in [-0.39, 0.29) is 31.1 Å². The minimum Gasteiger partial charge on any atom is -0.436 e. The summed E-state index contributed by atoms with van der Waals surface area (Å²) < 4.78 is 4.95. The van der Waals surface area contributed by atoms with Crippen molar-refractivity contribution in [3.05, 3.63) is 49.9 Å². The summed E-state index contributed by atoms with van der Waals surface area (Å²) in [5.74, 6) is 2.23. The number of aromatic nitrogens is 1. The SMILES string of the molecule is C#CCOC(=O)N1CCC(c2nc(C(=O)NCc3cccc(Cl)c3Cl)cs2)CC1. The van der Waals surface area contributed by atoms with Crippen LogP contribution >= 0.6 is 34.5 Å². The van der Waals surface area contributed by atoms with Crippen molar-refractivity contribution in [3.8, 4) is 12.3 Å². The molecule has 1 aromatic carbocycles. The zero-order valence-corrected chi connectivity index (χ0v) is 17.8. The summed E-state index contributed by atoms with van der Waals surface area (Å²) in [6.45, 7) is 1.39. The number of thiazole rings is 1. The first kappa shape index (κ1) is 21.4. The lowest BCUT2D eigenvalue weighted by atomic mass is 9.98. The Kier molecular flexibility index (Phi) is 7.37. The summed E-state index contributed by atoms with van der Waals surface area (Å²) in [6, 6.07) is 5.29. The molecule has 29 heavy (non-hydrogen) atoms. The predicted molar refractivity (Wildman–Crippen MR) is 113 cm³/mol. The van der Waals surface area contributed by atoms with Crippen LogP contribution in [0.1, 0.15) is 39.8 Å². The van der Waals surface area contributed by atoms with E-state index >= 15 is 0 Å². The van der Waals surface area contributed by atoms with Crippen LogP contribution in [-0.2, 0) is 11.3 Å². The zero-order valence-electron chi connectivity index (χ0n) is 15.5. The molecule has 0 bridgehead atoms. The molecular formula is C20H19Cl2N3O3S. The Bertz CT molecular complexity index is 933. The van der Waals surface area contributed by atoms with Gasteiger partial charge in [0.1, 0.15) is 5.69 Å². The van der Waals surface area contributed by atoms with Crippen LogP contribution in [0.3, 0.4) is 0 Å². The van der Waals surface area contributed by atoms with Gasteiger partial charge in [0.05, 0.1) is 15.1 Å². The second-order valence-electron chi connectivity index (χ2n) is 6.49. The lowest BCUT2D eigenvalue weighted by Gasteiger charge is -2.30. The molecule has 1 aliphatic rings. The Morgan fingerprint density at radius 2 is 2.10 bits per heavy atom. The van der Waals surface area contributed by atoms with Crippen molar-refractivity contribution in [2.45, 2.75) is 25.3 Å². The molecule has 2 aromatic rings. The van der Waals surface area contributed by atoms with E-state index in [2.05, 4.69) is 16.2 Å². The molecule has 2 heterocycles. The monoisotopic (exact) mass is 451 g/mol. The first-order valence-corrected chi connectivity index (χ1v) is 10.6. The second kappa shape index (κ2) is 9.97. The van der Waals surface area contributed by atoms with Gasteiger partial charge in [0.2, 0.25) is 0 Å². The van der Waals surface area contributed by atoms with Gasteiger partial charge in [0.15, 0.2) is 6.61 Å². The predicted octanol–water partition coefficient (Wildman–Crippen LogP) is 4.33. The molecule has 6 nitrogen and oxygen atoms in total. The number of piperidine rings is 1. The van der Waals surface area contributed by atoms with Crippen molar-refractivity contribution in [3.63, 3.8) is 0 Å². The molecule has 0 radical (unpaired) electrons. The van der Waals surface area contributed by atoms with E-state index in [1.54, 1.807) is 22.4 Å². The largest absolute Gasteiger partial charge is 0.436 e. The first-order valence-electron chi connectivity index (χ1n) is 9.01. The van der Waals surface area contributed by atoms with Crippen molar-refractivity contribution in [1.29, 1.82) is 0 Å². The van der Waals surface area contributed by atoms with Gasteiger partial charge in [0, 0.05) is 30.9 Å². The molecule has 9 heteroatoms. The summed E-state index contributed by atoms with van der Waals surface area (Å²) in [4.78, 5) is 30.4. The average molecular weight is 452 g/mol. The van der Waals surface area contributed by atoms with E-state index < -0.39 is 0 Å². The van der Waals surface area contributed by atoms with Crippen LogP contribution in [0.5, 0.6) is 0 Å². The first-order chi connectivity index (χ1) is 14.0. The molecule has 0 saturated carbocycles. The van der Waals surface area contributed by atoms with Crippen LogP contribution in [0.2, 0.25) is 10.0 Å². The van der Waals surface area contributed by atoms with Crippen molar-refractivity contribution in [2.24, 2.45) is 0 Å². The highest BCUT2D eigenvalue weighted by Crippen LogP contribution is 2.30. The summed E-state index contributed by atoms with van der Waals surface area (Å²) in [5.41, 5.74) is 1.12. The maximum Gasteiger partial charge on any atom is 0.410 e. The molecule has 0 aliphatic carbocycles. The highest BCUT2D eigenvalue weighted by Gasteiger charge is 2.27. The van der Waals surface area contributed by atoms with Gasteiger partial charge in [-0.25, -0.2) is 9.78 Å². The summed E-state index contributed by atoms with van der Waals surface area (Å²) >= 11 is 13.6. The van der Waals surface area contributed by atoms with Crippen molar-refractivity contribution >= 4 is 46.5 Å². The molecule has 1 N–H and O–H groups in total. The topological polar surface area (TPSA) is 71.5 Å². The molecular weight excluding hydrogens is 433 g/mol. The number of rotatable bonds is 5. The standard InChI is InChI=1S/C20H19Cl2N3O3S/c1-2-10-28-20(27)25-8-6-13(7-9-25)19-24-16(12-29-19)18(26)23-11-14-4-3-5-15(21)17(14)22/h1,3-5,12-13H,6-11H2,(H,23,26). The number of halogens is 2. The lowest BCUT2D eigenvalue weighted by Crippen LogP contribution is -2.38. The molecule has 152 valence electrons. The van der Waals surface area contributed by atoms with Gasteiger partial charge >= 0.3 is 6.09 Å². The second-order valence-corrected chi connectivity index (χ2v) is 8.16. The maximum absolute atomic E-state index is 12.4. The van der Waals surface area contributed by atoms with Crippen molar-refractivity contribution < 1.29 is 14.3 Å². The van der Waals surface area contributed by atoms with E-state index in [1.807, 2.05) is 6.07 Å². The molecule has 2 amide bonds. The molecule has 1 fully saturated rings. The fourth-order valence-electron chi connectivity index (χ4n) is 3.03. The molecule has 0 atom stereocenters. The van der Waals surface area contributed by atoms with E-state index in [0.29, 0.717) is 28.8 Å². The van der Waals surface area contributed by atoms with Gasteiger partial charge in [-0.05, 0) is 24.5 Å². The summed E-state index contributed by atoms with van der Waals surface area (Å²) in [6.07, 6.45) is 6.24. The molecule has 1 saturated heterocycles. The fourth-order valence-corrected chi connectivity index (χ4v) is 4.39. The van der Waals surface area contributed by atoms with Crippen LogP contribution in [0, 0.1) is 12.3 Å². The Hall–Kier alpha value is -2.27. The van der Waals surface area contributed by atoms with E-state index in [1.165, 1.54) is 11.3 Å². The molecule has 0 unspecified atom stereocenters.